The van der Waals surface area contributed by atoms with Crippen LogP contribution in [0.2, 0.25) is 0 Å². The van der Waals surface area contributed by atoms with Gasteiger partial charge in [0.1, 0.15) is 5.82 Å². The zero-order valence-corrected chi connectivity index (χ0v) is 14.3. The van der Waals surface area contributed by atoms with E-state index < -0.39 is 15.8 Å². The SMILES string of the molecule is CCS(=O)(=O)N1CCCC(Cc2nc(-c3ccccc3F)no2)C1. The number of hydrogen-bond donors (Lipinski definition) is 0. The van der Waals surface area contributed by atoms with Crippen molar-refractivity contribution >= 4 is 10.0 Å². The van der Waals surface area contributed by atoms with Gasteiger partial charge in [0.2, 0.25) is 21.7 Å². The first-order valence-electron chi connectivity index (χ1n) is 8.05. The minimum atomic E-state index is -3.17. The highest BCUT2D eigenvalue weighted by atomic mass is 32.2. The Morgan fingerprint density at radius 2 is 2.17 bits per heavy atom. The highest BCUT2D eigenvalue weighted by Gasteiger charge is 2.29. The van der Waals surface area contributed by atoms with Crippen molar-refractivity contribution in [3.8, 4) is 11.4 Å². The Morgan fingerprint density at radius 3 is 2.92 bits per heavy atom. The van der Waals surface area contributed by atoms with Gasteiger partial charge in [-0.25, -0.2) is 17.1 Å². The molecule has 1 aromatic carbocycles. The average molecular weight is 353 g/mol. The summed E-state index contributed by atoms with van der Waals surface area (Å²) >= 11 is 0. The number of rotatable bonds is 5. The molecule has 1 aliphatic heterocycles. The van der Waals surface area contributed by atoms with E-state index in [9.17, 15) is 12.8 Å². The maximum Gasteiger partial charge on any atom is 0.227 e. The van der Waals surface area contributed by atoms with Crippen LogP contribution in [0.3, 0.4) is 0 Å². The Morgan fingerprint density at radius 1 is 1.38 bits per heavy atom. The van der Waals surface area contributed by atoms with Gasteiger partial charge in [0.25, 0.3) is 0 Å². The van der Waals surface area contributed by atoms with Gasteiger partial charge in [-0.05, 0) is 37.8 Å². The fourth-order valence-electron chi connectivity index (χ4n) is 2.97. The molecular weight excluding hydrogens is 333 g/mol. The molecule has 6 nitrogen and oxygen atoms in total. The van der Waals surface area contributed by atoms with E-state index in [0.29, 0.717) is 31.0 Å². The summed E-state index contributed by atoms with van der Waals surface area (Å²) in [5, 5.41) is 3.84. The molecule has 2 aromatic rings. The van der Waals surface area contributed by atoms with Crippen LogP contribution in [-0.2, 0) is 16.4 Å². The van der Waals surface area contributed by atoms with Crippen LogP contribution in [0.25, 0.3) is 11.4 Å². The van der Waals surface area contributed by atoms with E-state index in [1.165, 1.54) is 10.4 Å². The molecule has 0 saturated carbocycles. The smallest absolute Gasteiger partial charge is 0.227 e. The van der Waals surface area contributed by atoms with E-state index >= 15 is 0 Å². The van der Waals surface area contributed by atoms with Crippen molar-refractivity contribution in [1.29, 1.82) is 0 Å². The van der Waals surface area contributed by atoms with Crippen molar-refractivity contribution in [3.05, 3.63) is 36.0 Å². The normalized spacial score (nSPS) is 19.5. The molecule has 1 saturated heterocycles. The molecule has 1 atom stereocenters. The lowest BCUT2D eigenvalue weighted by Gasteiger charge is -2.30. The van der Waals surface area contributed by atoms with Crippen LogP contribution in [0.1, 0.15) is 25.7 Å². The van der Waals surface area contributed by atoms with E-state index in [1.54, 1.807) is 25.1 Å². The van der Waals surface area contributed by atoms with Crippen LogP contribution >= 0.6 is 0 Å². The maximum absolute atomic E-state index is 13.8. The van der Waals surface area contributed by atoms with Crippen molar-refractivity contribution in [3.63, 3.8) is 0 Å². The van der Waals surface area contributed by atoms with Gasteiger partial charge >= 0.3 is 0 Å². The molecular formula is C16H20FN3O3S. The number of piperidine rings is 1. The Balaban J connectivity index is 1.70. The minimum Gasteiger partial charge on any atom is -0.339 e. The van der Waals surface area contributed by atoms with Gasteiger partial charge in [-0.1, -0.05) is 17.3 Å². The van der Waals surface area contributed by atoms with Crippen molar-refractivity contribution in [2.75, 3.05) is 18.8 Å². The van der Waals surface area contributed by atoms with Gasteiger partial charge in [0, 0.05) is 19.5 Å². The highest BCUT2D eigenvalue weighted by molar-refractivity contribution is 7.89. The summed E-state index contributed by atoms with van der Waals surface area (Å²) < 4.78 is 44.6. The Labute approximate surface area is 140 Å². The molecule has 3 rings (SSSR count). The molecule has 1 fully saturated rings. The Kier molecular flexibility index (Phi) is 4.96. The lowest BCUT2D eigenvalue weighted by atomic mass is 9.96. The third-order valence-electron chi connectivity index (χ3n) is 4.29. The van der Waals surface area contributed by atoms with Gasteiger partial charge in [-0.3, -0.25) is 0 Å². The van der Waals surface area contributed by atoms with Gasteiger partial charge in [-0.2, -0.15) is 4.98 Å². The summed E-state index contributed by atoms with van der Waals surface area (Å²) in [6.45, 7) is 2.68. The number of hydrogen-bond acceptors (Lipinski definition) is 5. The molecule has 0 bridgehead atoms. The zero-order chi connectivity index (χ0) is 17.2. The number of halogens is 1. The number of benzene rings is 1. The zero-order valence-electron chi connectivity index (χ0n) is 13.5. The first kappa shape index (κ1) is 17.0. The number of aromatic nitrogens is 2. The molecule has 0 aliphatic carbocycles. The van der Waals surface area contributed by atoms with Crippen LogP contribution in [0.15, 0.2) is 28.8 Å². The monoisotopic (exact) mass is 353 g/mol. The summed E-state index contributed by atoms with van der Waals surface area (Å²) in [6, 6.07) is 6.26. The molecule has 1 aromatic heterocycles. The molecule has 0 spiro atoms. The van der Waals surface area contributed by atoms with E-state index in [0.717, 1.165) is 12.8 Å². The van der Waals surface area contributed by atoms with E-state index in [1.807, 2.05) is 0 Å². The van der Waals surface area contributed by atoms with Crippen molar-refractivity contribution in [1.82, 2.24) is 14.4 Å². The quantitative estimate of drug-likeness (QED) is 0.825. The number of sulfonamides is 1. The average Bonchev–Trinajstić information content (AvgIpc) is 3.04. The lowest BCUT2D eigenvalue weighted by Crippen LogP contribution is -2.41. The second kappa shape index (κ2) is 6.98. The topological polar surface area (TPSA) is 76.3 Å². The van der Waals surface area contributed by atoms with Crippen LogP contribution in [-0.4, -0.2) is 41.7 Å². The van der Waals surface area contributed by atoms with Gasteiger partial charge in [-0.15, -0.1) is 0 Å². The largest absolute Gasteiger partial charge is 0.339 e. The summed E-state index contributed by atoms with van der Waals surface area (Å²) in [6.07, 6.45) is 2.22. The maximum atomic E-state index is 13.8. The van der Waals surface area contributed by atoms with E-state index in [4.69, 9.17) is 4.52 Å². The third-order valence-corrected chi connectivity index (χ3v) is 6.13. The van der Waals surface area contributed by atoms with Crippen LogP contribution < -0.4 is 0 Å². The number of nitrogens with zero attached hydrogens (tertiary/aromatic N) is 3. The molecule has 2 heterocycles. The third kappa shape index (κ3) is 3.64. The standard InChI is InChI=1S/C16H20FN3O3S/c1-2-24(21,22)20-9-5-6-12(11-20)10-15-18-16(19-23-15)13-7-3-4-8-14(13)17/h3-4,7-8,12H,2,5-6,9-11H2,1H3. The van der Waals surface area contributed by atoms with Gasteiger partial charge < -0.3 is 4.52 Å². The van der Waals surface area contributed by atoms with Crippen LogP contribution in [0.5, 0.6) is 0 Å². The Hall–Kier alpha value is -1.80. The van der Waals surface area contributed by atoms with E-state index in [-0.39, 0.29) is 17.5 Å². The van der Waals surface area contributed by atoms with E-state index in [2.05, 4.69) is 10.1 Å². The molecule has 0 amide bonds. The fraction of sp³-hybridized carbons (Fsp3) is 0.500. The van der Waals surface area contributed by atoms with Crippen LogP contribution in [0, 0.1) is 11.7 Å². The molecule has 130 valence electrons. The van der Waals surface area contributed by atoms with Crippen LogP contribution in [0.4, 0.5) is 4.39 Å². The molecule has 1 aliphatic rings. The molecule has 8 heteroatoms. The van der Waals surface area contributed by atoms with Crippen molar-refractivity contribution in [2.24, 2.45) is 5.92 Å². The summed E-state index contributed by atoms with van der Waals surface area (Å²) in [7, 11) is -3.17. The molecule has 0 radical (unpaired) electrons. The molecule has 1 unspecified atom stereocenters. The highest BCUT2D eigenvalue weighted by Crippen LogP contribution is 2.24. The minimum absolute atomic E-state index is 0.109. The fourth-order valence-corrected chi connectivity index (χ4v) is 4.18. The second-order valence-corrected chi connectivity index (χ2v) is 8.22. The lowest BCUT2D eigenvalue weighted by molar-refractivity contribution is 0.247. The van der Waals surface area contributed by atoms with Gasteiger partial charge in [0.05, 0.1) is 11.3 Å². The first-order valence-corrected chi connectivity index (χ1v) is 9.66. The summed E-state index contributed by atoms with van der Waals surface area (Å²) in [5.74, 6) is 0.472. The van der Waals surface area contributed by atoms with Gasteiger partial charge in [0.15, 0.2) is 0 Å². The first-order chi connectivity index (χ1) is 11.5. The van der Waals surface area contributed by atoms with Crippen molar-refractivity contribution in [2.45, 2.75) is 26.2 Å². The molecule has 24 heavy (non-hydrogen) atoms. The summed E-state index contributed by atoms with van der Waals surface area (Å²) in [5.41, 5.74) is 0.298. The molecule has 0 N–H and O–H groups in total. The summed E-state index contributed by atoms with van der Waals surface area (Å²) in [4.78, 5) is 4.26. The predicted molar refractivity (Wildman–Crippen MR) is 87.2 cm³/mol. The predicted octanol–water partition coefficient (Wildman–Crippen LogP) is 2.48. The second-order valence-electron chi connectivity index (χ2n) is 5.96. The van der Waals surface area contributed by atoms with Crippen molar-refractivity contribution < 1.29 is 17.3 Å². The Bertz CT molecular complexity index is 806.